The fourth-order valence-electron chi connectivity index (χ4n) is 4.74. The summed E-state index contributed by atoms with van der Waals surface area (Å²) < 4.78 is 82.9. The molecule has 0 amide bonds. The summed E-state index contributed by atoms with van der Waals surface area (Å²) >= 11 is 1.49. The molecule has 0 bridgehead atoms. The van der Waals surface area contributed by atoms with Gasteiger partial charge in [0.15, 0.2) is 32.9 Å². The van der Waals surface area contributed by atoms with E-state index in [0.29, 0.717) is 33.0 Å². The number of halogens is 6. The summed E-state index contributed by atoms with van der Waals surface area (Å²) in [6, 6.07) is 23.7. The zero-order valence-electron chi connectivity index (χ0n) is 25.2. The Morgan fingerprint density at radius 2 is 1.10 bits per heavy atom. The number of fused-ring (bicyclic) bond motifs is 4. The molecule has 0 N–H and O–H groups in total. The SMILES string of the molecule is COC(=O)COc1ccc2sc3ccc(-[s+]4c5ccccc5c(=O)c5cc(OCC(=O)OC)ccc54)cc3c(=O)c2c1.F[P-](F)(F)(F)(F)F. The number of ether oxygens (including phenoxy) is 4. The maximum absolute atomic E-state index is 13.8. The fraction of sp³-hybridized carbons (Fsp3) is 0.125. The Balaban J connectivity index is 0.000000606. The van der Waals surface area contributed by atoms with Crippen molar-refractivity contribution in [3.05, 3.63) is 99.3 Å². The van der Waals surface area contributed by atoms with Gasteiger partial charge in [-0.15, -0.1) is 11.3 Å². The van der Waals surface area contributed by atoms with Gasteiger partial charge in [0.05, 0.1) is 25.0 Å². The first-order valence-corrected chi connectivity index (χ1v) is 17.9. The van der Waals surface area contributed by atoms with E-state index in [4.69, 9.17) is 9.47 Å². The monoisotopic (exact) mass is 744 g/mol. The van der Waals surface area contributed by atoms with Crippen molar-refractivity contribution in [2.24, 2.45) is 0 Å². The van der Waals surface area contributed by atoms with E-state index in [0.717, 1.165) is 23.7 Å². The van der Waals surface area contributed by atoms with Gasteiger partial charge in [0.25, 0.3) is 0 Å². The summed E-state index contributed by atoms with van der Waals surface area (Å²) in [6.07, 6.45) is 0. The van der Waals surface area contributed by atoms with Crippen molar-refractivity contribution in [1.82, 2.24) is 0 Å². The van der Waals surface area contributed by atoms with Gasteiger partial charge in [0, 0.05) is 42.8 Å². The Labute approximate surface area is 278 Å². The number of hydrogen-bond acceptors (Lipinski definition) is 9. The second-order valence-corrected chi connectivity index (χ2v) is 15.2. The maximum atomic E-state index is 13.8. The Morgan fingerprint density at radius 3 is 1.69 bits per heavy atom. The van der Waals surface area contributed by atoms with E-state index in [1.165, 1.54) is 25.6 Å². The third-order valence-corrected chi connectivity index (χ3v) is 10.3. The minimum atomic E-state index is -10.7. The van der Waals surface area contributed by atoms with Crippen molar-refractivity contribution in [3.63, 3.8) is 0 Å². The molecule has 0 aliphatic rings. The van der Waals surface area contributed by atoms with E-state index in [2.05, 4.69) is 9.47 Å². The van der Waals surface area contributed by atoms with Gasteiger partial charge >= 0.3 is 44.9 Å². The van der Waals surface area contributed by atoms with E-state index >= 15 is 0 Å². The molecule has 0 radical (unpaired) electrons. The van der Waals surface area contributed by atoms with Crippen LogP contribution in [0, 0.1) is 0 Å². The van der Waals surface area contributed by atoms with Crippen LogP contribution in [0.2, 0.25) is 0 Å². The Morgan fingerprint density at radius 1 is 0.633 bits per heavy atom. The predicted molar refractivity (Wildman–Crippen MR) is 179 cm³/mol. The molecule has 2 aromatic heterocycles. The number of esters is 2. The zero-order valence-corrected chi connectivity index (χ0v) is 27.7. The second-order valence-electron chi connectivity index (χ2n) is 10.2. The van der Waals surface area contributed by atoms with Gasteiger partial charge in [-0.25, -0.2) is 9.59 Å². The van der Waals surface area contributed by atoms with Crippen LogP contribution in [0.5, 0.6) is 11.5 Å². The summed E-state index contributed by atoms with van der Waals surface area (Å²) in [5.74, 6) is -0.259. The number of benzene rings is 4. The van der Waals surface area contributed by atoms with Gasteiger partial charge in [-0.1, -0.05) is 12.1 Å². The Kier molecular flexibility index (Phi) is 9.12. The molecule has 258 valence electrons. The first kappa shape index (κ1) is 35.5. The summed E-state index contributed by atoms with van der Waals surface area (Å²) in [5.41, 5.74) is -0.285. The number of carbonyl (C=O) groups is 2. The molecule has 1 atom stereocenters. The molecular weight excluding hydrogens is 721 g/mol. The molecule has 0 aliphatic carbocycles. The molecule has 0 spiro atoms. The zero-order chi connectivity index (χ0) is 35.8. The molecule has 4 aromatic carbocycles. The molecule has 49 heavy (non-hydrogen) atoms. The molecule has 1 unspecified atom stereocenters. The fourth-order valence-corrected chi connectivity index (χ4v) is 8.13. The normalized spacial score (nSPS) is 13.3. The molecule has 2 heterocycles. The van der Waals surface area contributed by atoms with Crippen LogP contribution in [-0.2, 0) is 19.1 Å². The number of methoxy groups -OCH3 is 2. The average Bonchev–Trinajstić information content (AvgIpc) is 3.05. The van der Waals surface area contributed by atoms with Crippen LogP contribution in [0.3, 0.4) is 0 Å². The first-order valence-electron chi connectivity index (χ1n) is 13.8. The van der Waals surface area contributed by atoms with Gasteiger partial charge in [-0.3, -0.25) is 9.59 Å². The van der Waals surface area contributed by atoms with E-state index < -0.39 is 30.2 Å². The van der Waals surface area contributed by atoms with E-state index in [1.54, 1.807) is 30.3 Å². The van der Waals surface area contributed by atoms with Crippen LogP contribution in [0.25, 0.3) is 45.2 Å². The Hall–Kier alpha value is -4.79. The third kappa shape index (κ3) is 8.82. The number of carbonyl (C=O) groups excluding carboxylic acids is 2. The summed E-state index contributed by atoms with van der Waals surface area (Å²) in [7, 11) is -8.79. The van der Waals surface area contributed by atoms with E-state index in [-0.39, 0.29) is 24.1 Å². The van der Waals surface area contributed by atoms with Gasteiger partial charge in [0.2, 0.25) is 5.43 Å². The van der Waals surface area contributed by atoms with Gasteiger partial charge in [0.1, 0.15) is 11.5 Å². The summed E-state index contributed by atoms with van der Waals surface area (Å²) in [4.78, 5) is 51.3. The van der Waals surface area contributed by atoms with E-state index in [9.17, 15) is 44.4 Å². The number of rotatable bonds is 7. The standard InChI is InChI=1S/C32H23O8S2.F6P/c1-37-29(33)16-39-18-7-10-25-22(13-18)32(36)23-15-20(9-11-26(23)41-25)42-27-6-4-3-5-21(27)31(35)24-14-19(8-12-28(24)42)40-17-30(34)38-2;1-7(2,3,4,5)6/h3-15H,16-17H2,1-2H3;/q+1;-1. The van der Waals surface area contributed by atoms with E-state index in [1.807, 2.05) is 48.5 Å². The van der Waals surface area contributed by atoms with Crippen molar-refractivity contribution < 1.29 is 53.7 Å². The quantitative estimate of drug-likeness (QED) is 0.0524. The molecule has 8 nitrogen and oxygen atoms in total. The van der Waals surface area contributed by atoms with Crippen molar-refractivity contribution in [3.8, 4) is 16.4 Å². The third-order valence-electron chi connectivity index (χ3n) is 6.78. The summed E-state index contributed by atoms with van der Waals surface area (Å²) in [5, 5.41) is 2.10. The molecule has 6 rings (SSSR count). The molecular formula is C32H23F6O8PS2. The Bertz CT molecular complexity index is 2400. The van der Waals surface area contributed by atoms with Crippen LogP contribution >= 0.6 is 29.6 Å². The molecule has 0 fully saturated rings. The second kappa shape index (κ2) is 12.6. The topological polar surface area (TPSA) is 105 Å². The molecule has 0 aliphatic heterocycles. The summed E-state index contributed by atoms with van der Waals surface area (Å²) in [6.45, 7) is -0.527. The van der Waals surface area contributed by atoms with Crippen molar-refractivity contribution in [2.75, 3.05) is 27.4 Å². The van der Waals surface area contributed by atoms with Crippen LogP contribution in [0.15, 0.2) is 88.5 Å². The molecule has 0 saturated carbocycles. The van der Waals surface area contributed by atoms with Gasteiger partial charge in [-0.05, 0) is 54.6 Å². The molecule has 6 aromatic rings. The van der Waals surface area contributed by atoms with Crippen LogP contribution < -0.4 is 20.3 Å². The molecule has 0 saturated heterocycles. The minimum absolute atomic E-state index is 0.133. The predicted octanol–water partition coefficient (Wildman–Crippen LogP) is 9.31. The van der Waals surface area contributed by atoms with Crippen LogP contribution in [0.1, 0.15) is 0 Å². The van der Waals surface area contributed by atoms with Crippen LogP contribution in [0.4, 0.5) is 25.2 Å². The van der Waals surface area contributed by atoms with Gasteiger partial charge < -0.3 is 18.9 Å². The van der Waals surface area contributed by atoms with Gasteiger partial charge in [-0.2, -0.15) is 0 Å². The average molecular weight is 745 g/mol. The van der Waals surface area contributed by atoms with Crippen molar-refractivity contribution >= 4 is 81.9 Å². The van der Waals surface area contributed by atoms with Crippen molar-refractivity contribution in [1.29, 1.82) is 0 Å². The van der Waals surface area contributed by atoms with Crippen molar-refractivity contribution in [2.45, 2.75) is 0 Å². The molecule has 17 heteroatoms. The number of hydrogen-bond donors (Lipinski definition) is 0. The first-order chi connectivity index (χ1) is 22.8. The van der Waals surface area contributed by atoms with Crippen LogP contribution in [-0.4, -0.2) is 39.4 Å².